The maximum absolute atomic E-state index is 13.6. The van der Waals surface area contributed by atoms with Crippen molar-refractivity contribution in [1.82, 2.24) is 0 Å². The van der Waals surface area contributed by atoms with E-state index in [0.717, 1.165) is 24.7 Å². The molecular formula is C14H17F3N2S. The van der Waals surface area contributed by atoms with Crippen LogP contribution < -0.4 is 5.32 Å². The summed E-state index contributed by atoms with van der Waals surface area (Å²) >= 11 is 1.46. The lowest BCUT2D eigenvalue weighted by Crippen LogP contribution is -2.32. The quantitative estimate of drug-likeness (QED) is 0.836. The molecule has 0 atom stereocenters. The van der Waals surface area contributed by atoms with Crippen molar-refractivity contribution in [2.45, 2.75) is 26.7 Å². The van der Waals surface area contributed by atoms with Crippen LogP contribution >= 0.6 is 11.8 Å². The highest BCUT2D eigenvalue weighted by molar-refractivity contribution is 8.14. The molecule has 0 radical (unpaired) electrons. The standard InChI is InChI=1S/C14H17F3N2S/c1-3-14(4-2)7-18-13(20-8-14)19-11-6-9(15)5-10(16)12(11)17/h5-6H,3-4,7-8H2,1-2H3,(H,18,19). The highest BCUT2D eigenvalue weighted by Crippen LogP contribution is 2.35. The fourth-order valence-electron chi connectivity index (χ4n) is 2.07. The van der Waals surface area contributed by atoms with Gasteiger partial charge in [-0.1, -0.05) is 25.6 Å². The summed E-state index contributed by atoms with van der Waals surface area (Å²) in [5.74, 6) is -2.24. The maximum atomic E-state index is 13.6. The second-order valence-corrected chi connectivity index (χ2v) is 5.96. The van der Waals surface area contributed by atoms with Crippen molar-refractivity contribution in [2.75, 3.05) is 17.6 Å². The molecule has 110 valence electrons. The topological polar surface area (TPSA) is 24.4 Å². The molecule has 0 spiro atoms. The van der Waals surface area contributed by atoms with E-state index < -0.39 is 17.5 Å². The predicted molar refractivity (Wildman–Crippen MR) is 77.7 cm³/mol. The van der Waals surface area contributed by atoms with Crippen LogP contribution in [0.25, 0.3) is 0 Å². The van der Waals surface area contributed by atoms with Gasteiger partial charge in [-0.25, -0.2) is 13.2 Å². The first-order valence-corrected chi connectivity index (χ1v) is 7.57. The number of halogens is 3. The Labute approximate surface area is 120 Å². The maximum Gasteiger partial charge on any atom is 0.182 e. The van der Waals surface area contributed by atoms with E-state index in [4.69, 9.17) is 0 Å². The Bertz CT molecular complexity index is 527. The molecule has 0 unspecified atom stereocenters. The zero-order valence-corrected chi connectivity index (χ0v) is 12.3. The lowest BCUT2D eigenvalue weighted by molar-refractivity contribution is 0.318. The van der Waals surface area contributed by atoms with Crippen LogP contribution in [0, 0.1) is 22.9 Å². The molecule has 0 fully saturated rings. The highest BCUT2D eigenvalue weighted by Gasteiger charge is 2.30. The molecule has 0 aromatic heterocycles. The minimum Gasteiger partial charge on any atom is -0.332 e. The van der Waals surface area contributed by atoms with Crippen molar-refractivity contribution in [3.8, 4) is 0 Å². The fraction of sp³-hybridized carbons (Fsp3) is 0.500. The van der Waals surface area contributed by atoms with Crippen LogP contribution in [0.5, 0.6) is 0 Å². The van der Waals surface area contributed by atoms with E-state index in [2.05, 4.69) is 24.2 Å². The van der Waals surface area contributed by atoms with Gasteiger partial charge in [0.25, 0.3) is 0 Å². The average Bonchev–Trinajstić information content (AvgIpc) is 2.45. The molecule has 1 aromatic rings. The Morgan fingerprint density at radius 2 is 1.95 bits per heavy atom. The summed E-state index contributed by atoms with van der Waals surface area (Å²) in [6, 6.07) is 1.46. The molecule has 2 nitrogen and oxygen atoms in total. The number of nitrogens with zero attached hydrogens (tertiary/aromatic N) is 1. The normalized spacial score (nSPS) is 17.8. The highest BCUT2D eigenvalue weighted by atomic mass is 32.2. The van der Waals surface area contributed by atoms with Crippen molar-refractivity contribution in [2.24, 2.45) is 10.4 Å². The van der Waals surface area contributed by atoms with E-state index in [1.54, 1.807) is 0 Å². The smallest absolute Gasteiger partial charge is 0.182 e. The Kier molecular flexibility index (Phi) is 4.62. The van der Waals surface area contributed by atoms with Gasteiger partial charge in [0.2, 0.25) is 0 Å². The summed E-state index contributed by atoms with van der Waals surface area (Å²) in [6.07, 6.45) is 2.05. The van der Waals surface area contributed by atoms with Gasteiger partial charge in [0.15, 0.2) is 16.8 Å². The Morgan fingerprint density at radius 1 is 1.25 bits per heavy atom. The Morgan fingerprint density at radius 3 is 2.50 bits per heavy atom. The van der Waals surface area contributed by atoms with E-state index in [0.29, 0.717) is 17.8 Å². The van der Waals surface area contributed by atoms with Crippen LogP contribution in [0.3, 0.4) is 0 Å². The summed E-state index contributed by atoms with van der Waals surface area (Å²) < 4.78 is 39.8. The van der Waals surface area contributed by atoms with Crippen molar-refractivity contribution in [3.63, 3.8) is 0 Å². The number of amidine groups is 1. The third kappa shape index (κ3) is 3.11. The molecule has 0 bridgehead atoms. The number of anilines is 1. The van der Waals surface area contributed by atoms with Crippen LogP contribution in [0.15, 0.2) is 17.1 Å². The van der Waals surface area contributed by atoms with Gasteiger partial charge < -0.3 is 5.32 Å². The van der Waals surface area contributed by atoms with Gasteiger partial charge in [-0.3, -0.25) is 4.99 Å². The zero-order valence-electron chi connectivity index (χ0n) is 11.5. The number of aliphatic imine (C=N–C) groups is 1. The molecule has 2 rings (SSSR count). The number of nitrogens with one attached hydrogen (secondary N) is 1. The molecule has 1 aliphatic rings. The minimum absolute atomic E-state index is 0.168. The summed E-state index contributed by atoms with van der Waals surface area (Å²) in [5, 5.41) is 3.18. The van der Waals surface area contributed by atoms with Crippen LogP contribution in [0.1, 0.15) is 26.7 Å². The van der Waals surface area contributed by atoms with Gasteiger partial charge in [0.1, 0.15) is 5.82 Å². The zero-order chi connectivity index (χ0) is 14.8. The molecule has 20 heavy (non-hydrogen) atoms. The number of rotatable bonds is 3. The van der Waals surface area contributed by atoms with E-state index >= 15 is 0 Å². The lowest BCUT2D eigenvalue weighted by Gasteiger charge is -2.33. The van der Waals surface area contributed by atoms with Crippen LogP contribution in [0.4, 0.5) is 18.9 Å². The van der Waals surface area contributed by atoms with Gasteiger partial charge in [-0.15, -0.1) is 0 Å². The molecule has 0 saturated carbocycles. The summed E-state index contributed by atoms with van der Waals surface area (Å²) in [7, 11) is 0. The number of hydrogen-bond donors (Lipinski definition) is 1. The molecule has 0 aliphatic carbocycles. The first-order chi connectivity index (χ1) is 9.49. The van der Waals surface area contributed by atoms with Crippen molar-refractivity contribution in [3.05, 3.63) is 29.6 Å². The fourth-order valence-corrected chi connectivity index (χ4v) is 3.35. The van der Waals surface area contributed by atoms with Crippen molar-refractivity contribution in [1.29, 1.82) is 0 Å². The molecule has 1 aromatic carbocycles. The largest absolute Gasteiger partial charge is 0.332 e. The van der Waals surface area contributed by atoms with E-state index in [1.807, 2.05) is 0 Å². The minimum atomic E-state index is -1.20. The molecule has 6 heteroatoms. The van der Waals surface area contributed by atoms with Gasteiger partial charge in [-0.05, 0) is 18.3 Å². The van der Waals surface area contributed by atoms with Crippen LogP contribution in [0.2, 0.25) is 0 Å². The monoisotopic (exact) mass is 302 g/mol. The molecular weight excluding hydrogens is 285 g/mol. The predicted octanol–water partition coefficient (Wildman–Crippen LogP) is 4.43. The van der Waals surface area contributed by atoms with E-state index in [1.165, 1.54) is 11.8 Å². The number of thioether (sulfide) groups is 1. The third-order valence-corrected chi connectivity index (χ3v) is 5.07. The Hall–Kier alpha value is -1.17. The molecule has 0 amide bonds. The number of benzene rings is 1. The van der Waals surface area contributed by atoms with Crippen molar-refractivity contribution < 1.29 is 13.2 Å². The molecule has 1 aliphatic heterocycles. The first kappa shape index (κ1) is 15.2. The van der Waals surface area contributed by atoms with Crippen LogP contribution in [-0.4, -0.2) is 17.5 Å². The lowest BCUT2D eigenvalue weighted by atomic mass is 9.84. The second-order valence-electron chi connectivity index (χ2n) is 4.99. The summed E-state index contributed by atoms with van der Waals surface area (Å²) in [5.41, 5.74) is -0.0454. The van der Waals surface area contributed by atoms with E-state index in [9.17, 15) is 13.2 Å². The van der Waals surface area contributed by atoms with Gasteiger partial charge in [-0.2, -0.15) is 0 Å². The summed E-state index contributed by atoms with van der Waals surface area (Å²) in [4.78, 5) is 4.38. The molecule has 1 heterocycles. The van der Waals surface area contributed by atoms with E-state index in [-0.39, 0.29) is 11.1 Å². The Balaban J connectivity index is 2.15. The van der Waals surface area contributed by atoms with Crippen LogP contribution in [-0.2, 0) is 0 Å². The SMILES string of the molecule is CCC1(CC)CN=C(Nc2cc(F)cc(F)c2F)SC1. The third-order valence-electron chi connectivity index (χ3n) is 3.81. The average molecular weight is 302 g/mol. The van der Waals surface area contributed by atoms with Gasteiger partial charge in [0, 0.05) is 24.4 Å². The van der Waals surface area contributed by atoms with Gasteiger partial charge >= 0.3 is 0 Å². The molecule has 0 saturated heterocycles. The second kappa shape index (κ2) is 6.08. The van der Waals surface area contributed by atoms with Gasteiger partial charge in [0.05, 0.1) is 5.69 Å². The first-order valence-electron chi connectivity index (χ1n) is 6.58. The molecule has 1 N–H and O–H groups in total. The number of hydrogen-bond acceptors (Lipinski definition) is 3. The summed E-state index contributed by atoms with van der Waals surface area (Å²) in [6.45, 7) is 4.90. The van der Waals surface area contributed by atoms with Crippen molar-refractivity contribution >= 4 is 22.6 Å².